The summed E-state index contributed by atoms with van der Waals surface area (Å²) in [6.07, 6.45) is 0. The molecule has 0 fully saturated rings. The monoisotopic (exact) mass is 632 g/mol. The third-order valence-corrected chi connectivity index (χ3v) is 12.1. The van der Waals surface area contributed by atoms with Crippen LogP contribution in [-0.4, -0.2) is 9.55 Å². The number of hydrogen-bond acceptors (Lipinski definition) is 3. The Morgan fingerprint density at radius 1 is 0.426 bits per heavy atom. The van der Waals surface area contributed by atoms with Crippen LogP contribution < -0.4 is 0 Å². The number of aromatic nitrogens is 2. The summed E-state index contributed by atoms with van der Waals surface area (Å²) < 4.78 is 6.24. The van der Waals surface area contributed by atoms with E-state index >= 15 is 0 Å². The molecule has 11 aromatic rings. The molecule has 218 valence electrons. The molecule has 0 bridgehead atoms. The standard InChI is InChI=1S/C43H24N2S2/c1-2-11-26-24-38-35(22-25(26)10-1)31-16-7-8-19-37(31)45(38)43-44-36-20-21-39-40(42(36)47-43)33-18-9-17-32(41(33)46-39)34-23-27-12-3-4-13-28(27)29-14-5-6-15-30(29)34/h1-24H. The van der Waals surface area contributed by atoms with Gasteiger partial charge in [-0.1, -0.05) is 121 Å². The van der Waals surface area contributed by atoms with E-state index in [2.05, 4.69) is 150 Å². The van der Waals surface area contributed by atoms with Crippen LogP contribution in [0.2, 0.25) is 0 Å². The van der Waals surface area contributed by atoms with Gasteiger partial charge in [0.2, 0.25) is 0 Å². The van der Waals surface area contributed by atoms with E-state index in [0.717, 1.165) is 10.6 Å². The summed E-state index contributed by atoms with van der Waals surface area (Å²) in [5.41, 5.74) is 6.01. The van der Waals surface area contributed by atoms with Gasteiger partial charge in [-0.05, 0) is 74.3 Å². The quantitative estimate of drug-likeness (QED) is 0.173. The minimum absolute atomic E-state index is 1.00. The fourth-order valence-electron chi connectivity index (χ4n) is 7.70. The number of fused-ring (bicyclic) bond motifs is 12. The van der Waals surface area contributed by atoms with Gasteiger partial charge in [0, 0.05) is 36.5 Å². The van der Waals surface area contributed by atoms with Gasteiger partial charge in [-0.3, -0.25) is 4.57 Å². The van der Waals surface area contributed by atoms with Crippen molar-refractivity contribution in [2.45, 2.75) is 0 Å². The largest absolute Gasteiger partial charge is 0.285 e. The van der Waals surface area contributed by atoms with Gasteiger partial charge >= 0.3 is 0 Å². The molecular weight excluding hydrogens is 609 g/mol. The predicted octanol–water partition coefficient (Wildman–Crippen LogP) is 12.9. The minimum atomic E-state index is 1.00. The van der Waals surface area contributed by atoms with Crippen LogP contribution in [0.4, 0.5) is 0 Å². The van der Waals surface area contributed by atoms with Crippen molar-refractivity contribution in [3.8, 4) is 16.3 Å². The molecule has 47 heavy (non-hydrogen) atoms. The van der Waals surface area contributed by atoms with Crippen molar-refractivity contribution < 1.29 is 0 Å². The molecule has 0 aliphatic carbocycles. The van der Waals surface area contributed by atoms with Gasteiger partial charge in [0.05, 0.1) is 21.3 Å². The highest BCUT2D eigenvalue weighted by Gasteiger charge is 2.20. The molecule has 0 atom stereocenters. The van der Waals surface area contributed by atoms with Crippen LogP contribution in [0.1, 0.15) is 0 Å². The molecule has 3 aromatic heterocycles. The van der Waals surface area contributed by atoms with E-state index in [1.165, 1.54) is 90.1 Å². The van der Waals surface area contributed by atoms with E-state index < -0.39 is 0 Å². The Morgan fingerprint density at radius 2 is 1.13 bits per heavy atom. The lowest BCUT2D eigenvalue weighted by Gasteiger charge is -2.12. The zero-order valence-electron chi connectivity index (χ0n) is 25.1. The van der Waals surface area contributed by atoms with Crippen LogP contribution >= 0.6 is 22.7 Å². The second-order valence-electron chi connectivity index (χ2n) is 12.3. The molecule has 0 unspecified atom stereocenters. The fourth-order valence-corrected chi connectivity index (χ4v) is 10.2. The topological polar surface area (TPSA) is 17.8 Å². The predicted molar refractivity (Wildman–Crippen MR) is 205 cm³/mol. The molecule has 3 heterocycles. The first-order chi connectivity index (χ1) is 23.3. The van der Waals surface area contributed by atoms with E-state index in [1.54, 1.807) is 11.3 Å². The first-order valence-electron chi connectivity index (χ1n) is 15.9. The summed E-state index contributed by atoms with van der Waals surface area (Å²) in [5.74, 6) is 0. The first-order valence-corrected chi connectivity index (χ1v) is 17.5. The molecule has 0 aliphatic heterocycles. The second kappa shape index (κ2) is 9.49. The van der Waals surface area contributed by atoms with E-state index in [-0.39, 0.29) is 0 Å². The Balaban J connectivity index is 1.19. The van der Waals surface area contributed by atoms with Crippen molar-refractivity contribution in [1.29, 1.82) is 0 Å². The second-order valence-corrected chi connectivity index (χ2v) is 14.4. The maximum atomic E-state index is 5.31. The number of rotatable bonds is 2. The molecule has 0 aliphatic rings. The van der Waals surface area contributed by atoms with Crippen molar-refractivity contribution in [2.24, 2.45) is 0 Å². The van der Waals surface area contributed by atoms with Gasteiger partial charge < -0.3 is 0 Å². The van der Waals surface area contributed by atoms with E-state index in [1.807, 2.05) is 11.3 Å². The maximum Gasteiger partial charge on any atom is 0.195 e. The van der Waals surface area contributed by atoms with Gasteiger partial charge in [-0.2, -0.15) is 0 Å². The Morgan fingerprint density at radius 3 is 2.00 bits per heavy atom. The van der Waals surface area contributed by atoms with E-state index in [9.17, 15) is 0 Å². The van der Waals surface area contributed by atoms with Gasteiger partial charge in [-0.25, -0.2) is 4.98 Å². The van der Waals surface area contributed by atoms with Gasteiger partial charge in [0.25, 0.3) is 0 Å². The number of thiophene rings is 1. The molecule has 0 radical (unpaired) electrons. The Kier molecular flexibility index (Phi) is 5.17. The Hall–Kier alpha value is -5.55. The number of thiazole rings is 1. The summed E-state index contributed by atoms with van der Waals surface area (Å²) in [7, 11) is 0. The molecule has 0 saturated heterocycles. The lowest BCUT2D eigenvalue weighted by Crippen LogP contribution is -1.92. The molecule has 8 aromatic carbocycles. The fraction of sp³-hybridized carbons (Fsp3) is 0. The van der Waals surface area contributed by atoms with Crippen LogP contribution in [0.3, 0.4) is 0 Å². The molecule has 0 spiro atoms. The van der Waals surface area contributed by atoms with Crippen LogP contribution in [-0.2, 0) is 0 Å². The normalized spacial score (nSPS) is 12.3. The Labute approximate surface area is 277 Å². The summed E-state index contributed by atoms with van der Waals surface area (Å²) in [4.78, 5) is 5.31. The van der Waals surface area contributed by atoms with Crippen molar-refractivity contribution in [3.63, 3.8) is 0 Å². The number of para-hydroxylation sites is 1. The van der Waals surface area contributed by atoms with Crippen LogP contribution in [0.5, 0.6) is 0 Å². The smallest absolute Gasteiger partial charge is 0.195 e. The number of nitrogens with zero attached hydrogens (tertiary/aromatic N) is 2. The molecular formula is C43H24N2S2. The maximum absolute atomic E-state index is 5.31. The van der Waals surface area contributed by atoms with E-state index in [0.29, 0.717) is 0 Å². The number of hydrogen-bond donors (Lipinski definition) is 0. The summed E-state index contributed by atoms with van der Waals surface area (Å²) in [6.45, 7) is 0. The first kappa shape index (κ1) is 25.6. The average molecular weight is 633 g/mol. The minimum Gasteiger partial charge on any atom is -0.285 e. The average Bonchev–Trinajstić information content (AvgIpc) is 3.81. The summed E-state index contributed by atoms with van der Waals surface area (Å²) in [6, 6.07) is 53.3. The molecule has 2 nitrogen and oxygen atoms in total. The van der Waals surface area contributed by atoms with Crippen molar-refractivity contribution in [2.75, 3.05) is 0 Å². The molecule has 0 saturated carbocycles. The highest BCUT2D eigenvalue weighted by atomic mass is 32.1. The molecule has 11 rings (SSSR count). The SMILES string of the molecule is c1ccc2cc3c(cc2c1)c1ccccc1n3-c1nc2ccc3sc4c(-c5cc6ccccc6c6ccccc56)cccc4c3c2s1. The number of benzene rings is 8. The van der Waals surface area contributed by atoms with Crippen LogP contribution in [0.15, 0.2) is 146 Å². The third-order valence-electron chi connectivity index (χ3n) is 9.79. The van der Waals surface area contributed by atoms with Crippen molar-refractivity contribution in [3.05, 3.63) is 146 Å². The van der Waals surface area contributed by atoms with E-state index in [4.69, 9.17) is 4.98 Å². The molecule has 0 N–H and O–H groups in total. The third kappa shape index (κ3) is 3.57. The van der Waals surface area contributed by atoms with Gasteiger partial charge in [0.1, 0.15) is 0 Å². The Bertz CT molecular complexity index is 3080. The van der Waals surface area contributed by atoms with Crippen LogP contribution in [0.25, 0.3) is 101 Å². The summed E-state index contributed by atoms with van der Waals surface area (Å²) in [5, 5.41) is 13.8. The molecule has 4 heteroatoms. The lowest BCUT2D eigenvalue weighted by atomic mass is 9.92. The van der Waals surface area contributed by atoms with Crippen LogP contribution in [0, 0.1) is 0 Å². The highest BCUT2D eigenvalue weighted by molar-refractivity contribution is 7.28. The zero-order valence-corrected chi connectivity index (χ0v) is 26.7. The zero-order chi connectivity index (χ0) is 30.6. The highest BCUT2D eigenvalue weighted by Crippen LogP contribution is 2.47. The van der Waals surface area contributed by atoms with Gasteiger partial charge in [-0.15, -0.1) is 11.3 Å². The molecule has 0 amide bonds. The summed E-state index contributed by atoms with van der Waals surface area (Å²) >= 11 is 3.70. The lowest BCUT2D eigenvalue weighted by molar-refractivity contribution is 1.15. The van der Waals surface area contributed by atoms with Crippen molar-refractivity contribution >= 4 is 107 Å². The van der Waals surface area contributed by atoms with Gasteiger partial charge in [0.15, 0.2) is 5.13 Å². The van der Waals surface area contributed by atoms with Crippen molar-refractivity contribution in [1.82, 2.24) is 9.55 Å².